The van der Waals surface area contributed by atoms with Gasteiger partial charge >= 0.3 is 0 Å². The van der Waals surface area contributed by atoms with Crippen LogP contribution in [0.4, 0.5) is 0 Å². The molecule has 19 heavy (non-hydrogen) atoms. The summed E-state index contributed by atoms with van der Waals surface area (Å²) in [5, 5.41) is 3.66. The summed E-state index contributed by atoms with van der Waals surface area (Å²) in [6, 6.07) is 9.92. The molecule has 3 rings (SSSR count). The van der Waals surface area contributed by atoms with Gasteiger partial charge in [-0.1, -0.05) is 24.3 Å². The summed E-state index contributed by atoms with van der Waals surface area (Å²) >= 11 is 0. The van der Waals surface area contributed by atoms with E-state index >= 15 is 0 Å². The molecule has 3 nitrogen and oxygen atoms in total. The highest BCUT2D eigenvalue weighted by Gasteiger charge is 2.29. The minimum atomic E-state index is 0.376. The molecule has 0 saturated carbocycles. The third-order valence-corrected chi connectivity index (χ3v) is 4.58. The molecule has 2 aliphatic rings. The van der Waals surface area contributed by atoms with Gasteiger partial charge in [0.25, 0.3) is 0 Å². The zero-order valence-electron chi connectivity index (χ0n) is 11.9. The third-order valence-electron chi connectivity index (χ3n) is 4.58. The van der Waals surface area contributed by atoms with Gasteiger partial charge in [-0.15, -0.1) is 0 Å². The van der Waals surface area contributed by atoms with Crippen LogP contribution in [0.5, 0.6) is 0 Å². The van der Waals surface area contributed by atoms with Gasteiger partial charge in [0.05, 0.1) is 6.10 Å². The largest absolute Gasteiger partial charge is 0.377 e. The van der Waals surface area contributed by atoms with Gasteiger partial charge in [-0.2, -0.15) is 0 Å². The minimum absolute atomic E-state index is 0.376. The van der Waals surface area contributed by atoms with Crippen LogP contribution in [0.2, 0.25) is 0 Å². The third kappa shape index (κ3) is 2.83. The Morgan fingerprint density at radius 3 is 2.84 bits per heavy atom. The number of ether oxygens (including phenoxy) is 1. The Balaban J connectivity index is 1.60. The highest BCUT2D eigenvalue weighted by molar-refractivity contribution is 5.29. The van der Waals surface area contributed by atoms with Crippen molar-refractivity contribution in [1.29, 1.82) is 0 Å². The van der Waals surface area contributed by atoms with Gasteiger partial charge in [0.2, 0.25) is 0 Å². The Labute approximate surface area is 115 Å². The van der Waals surface area contributed by atoms with E-state index in [2.05, 4.69) is 48.5 Å². The number of benzene rings is 1. The molecular formula is C16H24N2O. The molecule has 0 bridgehead atoms. The molecule has 0 aromatic heterocycles. The van der Waals surface area contributed by atoms with Gasteiger partial charge in [0.1, 0.15) is 0 Å². The van der Waals surface area contributed by atoms with Crippen molar-refractivity contribution < 1.29 is 4.74 Å². The Morgan fingerprint density at radius 1 is 1.32 bits per heavy atom. The number of nitrogens with one attached hydrogen (secondary N) is 1. The fourth-order valence-corrected chi connectivity index (χ4v) is 3.43. The lowest BCUT2D eigenvalue weighted by atomic mass is 9.95. The number of rotatable bonds is 3. The van der Waals surface area contributed by atoms with E-state index in [-0.39, 0.29) is 0 Å². The van der Waals surface area contributed by atoms with Gasteiger partial charge in [-0.25, -0.2) is 0 Å². The molecule has 3 unspecified atom stereocenters. The quantitative estimate of drug-likeness (QED) is 0.897. The minimum Gasteiger partial charge on any atom is -0.377 e. The number of hydrogen-bond acceptors (Lipinski definition) is 3. The van der Waals surface area contributed by atoms with Crippen LogP contribution in [-0.2, 0) is 17.7 Å². The molecule has 3 atom stereocenters. The van der Waals surface area contributed by atoms with E-state index in [1.165, 1.54) is 17.5 Å². The predicted octanol–water partition coefficient (Wildman–Crippen LogP) is 1.81. The summed E-state index contributed by atoms with van der Waals surface area (Å²) < 4.78 is 5.67. The first-order valence-electron chi connectivity index (χ1n) is 7.36. The maximum absolute atomic E-state index is 5.67. The van der Waals surface area contributed by atoms with Crippen molar-refractivity contribution in [2.75, 3.05) is 20.2 Å². The monoisotopic (exact) mass is 260 g/mol. The van der Waals surface area contributed by atoms with Crippen molar-refractivity contribution in [2.45, 2.75) is 44.5 Å². The zero-order valence-corrected chi connectivity index (χ0v) is 11.9. The van der Waals surface area contributed by atoms with Crippen molar-refractivity contribution in [3.63, 3.8) is 0 Å². The maximum atomic E-state index is 5.67. The molecule has 2 heterocycles. The molecule has 0 amide bonds. The fraction of sp³-hybridized carbons (Fsp3) is 0.625. The molecule has 3 heteroatoms. The van der Waals surface area contributed by atoms with Crippen LogP contribution < -0.4 is 5.32 Å². The number of likely N-dealkylation sites (N-methyl/N-ethyl adjacent to an activating group) is 1. The summed E-state index contributed by atoms with van der Waals surface area (Å²) in [6.07, 6.45) is 2.68. The molecule has 1 aromatic carbocycles. The normalized spacial score (nSPS) is 30.6. The number of fused-ring (bicyclic) bond motifs is 1. The zero-order chi connectivity index (χ0) is 13.2. The van der Waals surface area contributed by atoms with Crippen molar-refractivity contribution in [3.05, 3.63) is 35.4 Å². The molecular weight excluding hydrogens is 236 g/mol. The smallest absolute Gasteiger partial charge is 0.0702 e. The lowest BCUT2D eigenvalue weighted by molar-refractivity contribution is 0.0799. The fourth-order valence-electron chi connectivity index (χ4n) is 3.43. The van der Waals surface area contributed by atoms with Crippen LogP contribution in [-0.4, -0.2) is 43.3 Å². The summed E-state index contributed by atoms with van der Waals surface area (Å²) in [5.41, 5.74) is 2.97. The Hall–Kier alpha value is -0.900. The van der Waals surface area contributed by atoms with E-state index in [4.69, 9.17) is 4.74 Å². The van der Waals surface area contributed by atoms with Crippen molar-refractivity contribution >= 4 is 0 Å². The number of hydrogen-bond donors (Lipinski definition) is 1. The summed E-state index contributed by atoms with van der Waals surface area (Å²) in [4.78, 5) is 2.48. The van der Waals surface area contributed by atoms with Gasteiger partial charge in [-0.3, -0.25) is 4.90 Å². The molecule has 0 aliphatic carbocycles. The molecule has 1 fully saturated rings. The second-order valence-electron chi connectivity index (χ2n) is 5.92. The first kappa shape index (κ1) is 13.1. The van der Waals surface area contributed by atoms with E-state index in [0.29, 0.717) is 18.2 Å². The second kappa shape index (κ2) is 5.61. The van der Waals surface area contributed by atoms with E-state index in [9.17, 15) is 0 Å². The molecule has 1 N–H and O–H groups in total. The van der Waals surface area contributed by atoms with Crippen LogP contribution in [0.3, 0.4) is 0 Å². The van der Waals surface area contributed by atoms with Crippen LogP contribution in [0.25, 0.3) is 0 Å². The molecule has 1 aromatic rings. The maximum Gasteiger partial charge on any atom is 0.0702 e. The predicted molar refractivity (Wildman–Crippen MR) is 77.2 cm³/mol. The average molecular weight is 260 g/mol. The van der Waals surface area contributed by atoms with Crippen molar-refractivity contribution in [1.82, 2.24) is 10.2 Å². The molecule has 0 spiro atoms. The van der Waals surface area contributed by atoms with Crippen LogP contribution in [0, 0.1) is 0 Å². The van der Waals surface area contributed by atoms with Gasteiger partial charge in [0.15, 0.2) is 0 Å². The SMILES string of the molecule is CC1OCCC1N(C)CC1Cc2ccccc2CN1. The molecule has 2 aliphatic heterocycles. The van der Waals surface area contributed by atoms with Gasteiger partial charge < -0.3 is 10.1 Å². The lowest BCUT2D eigenvalue weighted by Crippen LogP contribution is -2.48. The average Bonchev–Trinajstić information content (AvgIpc) is 2.85. The van der Waals surface area contributed by atoms with Crippen molar-refractivity contribution in [3.8, 4) is 0 Å². The van der Waals surface area contributed by atoms with E-state index in [1.54, 1.807) is 0 Å². The second-order valence-corrected chi connectivity index (χ2v) is 5.92. The van der Waals surface area contributed by atoms with E-state index < -0.39 is 0 Å². The van der Waals surface area contributed by atoms with Crippen LogP contribution >= 0.6 is 0 Å². The van der Waals surface area contributed by atoms with E-state index in [1.807, 2.05) is 0 Å². The Morgan fingerprint density at radius 2 is 2.11 bits per heavy atom. The summed E-state index contributed by atoms with van der Waals surface area (Å²) in [7, 11) is 2.23. The standard InChI is InChI=1S/C16H24N2O/c1-12-16(7-8-19-12)18(2)11-15-9-13-5-3-4-6-14(13)10-17-15/h3-6,12,15-17H,7-11H2,1-2H3. The Kier molecular flexibility index (Phi) is 3.87. The van der Waals surface area contributed by atoms with Gasteiger partial charge in [0, 0.05) is 31.8 Å². The topological polar surface area (TPSA) is 24.5 Å². The molecule has 104 valence electrons. The van der Waals surface area contributed by atoms with Crippen LogP contribution in [0.1, 0.15) is 24.5 Å². The number of nitrogens with zero attached hydrogens (tertiary/aromatic N) is 1. The van der Waals surface area contributed by atoms with Crippen molar-refractivity contribution in [2.24, 2.45) is 0 Å². The molecule has 1 saturated heterocycles. The first-order valence-corrected chi connectivity index (χ1v) is 7.36. The Bertz CT molecular complexity index is 435. The summed E-state index contributed by atoms with van der Waals surface area (Å²) in [6.45, 7) is 5.22. The van der Waals surface area contributed by atoms with Gasteiger partial charge in [-0.05, 0) is 37.9 Å². The van der Waals surface area contributed by atoms with E-state index in [0.717, 1.165) is 26.1 Å². The lowest BCUT2D eigenvalue weighted by Gasteiger charge is -2.33. The van der Waals surface area contributed by atoms with Crippen LogP contribution in [0.15, 0.2) is 24.3 Å². The first-order chi connectivity index (χ1) is 9.24. The highest BCUT2D eigenvalue weighted by Crippen LogP contribution is 2.21. The molecule has 0 radical (unpaired) electrons. The summed E-state index contributed by atoms with van der Waals surface area (Å²) in [5.74, 6) is 0. The highest BCUT2D eigenvalue weighted by atomic mass is 16.5.